The van der Waals surface area contributed by atoms with Crippen LogP contribution < -0.4 is 10.1 Å². The zero-order valence-electron chi connectivity index (χ0n) is 12.1. The largest absolute Gasteiger partial charge is 0.497 e. The van der Waals surface area contributed by atoms with Crippen molar-refractivity contribution < 1.29 is 9.47 Å². The molecule has 0 radical (unpaired) electrons. The zero-order chi connectivity index (χ0) is 13.6. The second-order valence-electron chi connectivity index (χ2n) is 5.41. The van der Waals surface area contributed by atoms with Crippen LogP contribution >= 0.6 is 0 Å². The Labute approximate surface area is 116 Å². The van der Waals surface area contributed by atoms with Gasteiger partial charge in [0.2, 0.25) is 0 Å². The fourth-order valence-corrected chi connectivity index (χ4v) is 2.85. The Hall–Kier alpha value is -1.06. The summed E-state index contributed by atoms with van der Waals surface area (Å²) in [5.41, 5.74) is 1.24. The molecule has 1 saturated carbocycles. The number of rotatable bonds is 6. The van der Waals surface area contributed by atoms with E-state index in [-0.39, 0.29) is 5.60 Å². The molecule has 3 heteroatoms. The highest BCUT2D eigenvalue weighted by molar-refractivity contribution is 5.26. The van der Waals surface area contributed by atoms with Crippen LogP contribution in [0.25, 0.3) is 0 Å². The Morgan fingerprint density at radius 1 is 1.11 bits per heavy atom. The molecule has 1 aliphatic carbocycles. The SMILES string of the molecule is CNCC1(OCc2ccc(OC)cc2)CCCCC1. The van der Waals surface area contributed by atoms with Gasteiger partial charge in [-0.2, -0.15) is 0 Å². The second kappa shape index (κ2) is 6.92. The Morgan fingerprint density at radius 2 is 1.79 bits per heavy atom. The first kappa shape index (κ1) is 14.4. The van der Waals surface area contributed by atoms with Crippen molar-refractivity contribution in [2.75, 3.05) is 20.7 Å². The maximum absolute atomic E-state index is 6.27. The van der Waals surface area contributed by atoms with Crippen molar-refractivity contribution in [2.45, 2.75) is 44.3 Å². The molecular formula is C16H25NO2. The summed E-state index contributed by atoms with van der Waals surface area (Å²) < 4.78 is 11.4. The van der Waals surface area contributed by atoms with Gasteiger partial charge in [0.25, 0.3) is 0 Å². The van der Waals surface area contributed by atoms with Gasteiger partial charge in [-0.25, -0.2) is 0 Å². The first-order valence-corrected chi connectivity index (χ1v) is 7.19. The molecule has 0 unspecified atom stereocenters. The van der Waals surface area contributed by atoms with Gasteiger partial charge in [0.1, 0.15) is 5.75 Å². The van der Waals surface area contributed by atoms with E-state index in [1.807, 2.05) is 19.2 Å². The predicted molar refractivity (Wildman–Crippen MR) is 77.5 cm³/mol. The van der Waals surface area contributed by atoms with Crippen LogP contribution in [0.1, 0.15) is 37.7 Å². The third-order valence-corrected chi connectivity index (χ3v) is 3.97. The van der Waals surface area contributed by atoms with Crippen molar-refractivity contribution in [3.63, 3.8) is 0 Å². The van der Waals surface area contributed by atoms with Gasteiger partial charge in [-0.15, -0.1) is 0 Å². The summed E-state index contributed by atoms with van der Waals surface area (Å²) in [7, 11) is 3.70. The van der Waals surface area contributed by atoms with Crippen LogP contribution in [0.5, 0.6) is 5.75 Å². The first-order chi connectivity index (χ1) is 9.28. The minimum Gasteiger partial charge on any atom is -0.497 e. The minimum absolute atomic E-state index is 0.0347. The van der Waals surface area contributed by atoms with E-state index >= 15 is 0 Å². The monoisotopic (exact) mass is 263 g/mol. The first-order valence-electron chi connectivity index (χ1n) is 7.19. The van der Waals surface area contributed by atoms with E-state index in [0.29, 0.717) is 6.61 Å². The van der Waals surface area contributed by atoms with Crippen LogP contribution in [0.2, 0.25) is 0 Å². The summed E-state index contributed by atoms with van der Waals surface area (Å²) in [5, 5.41) is 3.29. The Bertz CT molecular complexity index is 363. The highest BCUT2D eigenvalue weighted by Gasteiger charge is 2.32. The Morgan fingerprint density at radius 3 is 2.37 bits per heavy atom. The van der Waals surface area contributed by atoms with Gasteiger partial charge in [0, 0.05) is 6.54 Å². The molecule has 106 valence electrons. The molecule has 0 atom stereocenters. The molecule has 3 nitrogen and oxygen atoms in total. The van der Waals surface area contributed by atoms with Crippen molar-refractivity contribution in [3.05, 3.63) is 29.8 Å². The van der Waals surface area contributed by atoms with Gasteiger partial charge in [-0.3, -0.25) is 0 Å². The van der Waals surface area contributed by atoms with Gasteiger partial charge in [0.15, 0.2) is 0 Å². The quantitative estimate of drug-likeness (QED) is 0.855. The number of likely N-dealkylation sites (N-methyl/N-ethyl adjacent to an activating group) is 1. The zero-order valence-corrected chi connectivity index (χ0v) is 12.1. The van der Waals surface area contributed by atoms with Gasteiger partial charge in [-0.1, -0.05) is 31.4 Å². The summed E-state index contributed by atoms with van der Waals surface area (Å²) in [5.74, 6) is 0.895. The highest BCUT2D eigenvalue weighted by atomic mass is 16.5. The predicted octanol–water partition coefficient (Wildman–Crippen LogP) is 3.13. The summed E-state index contributed by atoms with van der Waals surface area (Å²) in [4.78, 5) is 0. The van der Waals surface area contributed by atoms with Crippen molar-refractivity contribution in [2.24, 2.45) is 0 Å². The maximum Gasteiger partial charge on any atom is 0.118 e. The number of ether oxygens (including phenoxy) is 2. The molecule has 0 aliphatic heterocycles. The lowest BCUT2D eigenvalue weighted by molar-refractivity contribution is -0.0775. The summed E-state index contributed by atoms with van der Waals surface area (Å²) in [6, 6.07) is 8.14. The van der Waals surface area contributed by atoms with Crippen LogP contribution in [0.15, 0.2) is 24.3 Å². The van der Waals surface area contributed by atoms with E-state index in [9.17, 15) is 0 Å². The van der Waals surface area contributed by atoms with Gasteiger partial charge >= 0.3 is 0 Å². The molecular weight excluding hydrogens is 238 g/mol. The number of hydrogen-bond acceptors (Lipinski definition) is 3. The fourth-order valence-electron chi connectivity index (χ4n) is 2.85. The van der Waals surface area contributed by atoms with Gasteiger partial charge in [0.05, 0.1) is 19.3 Å². The average molecular weight is 263 g/mol. The standard InChI is InChI=1S/C16H25NO2/c1-17-13-16(10-4-3-5-11-16)19-12-14-6-8-15(18-2)9-7-14/h6-9,17H,3-5,10-13H2,1-2H3. The summed E-state index contributed by atoms with van der Waals surface area (Å²) >= 11 is 0. The number of methoxy groups -OCH3 is 1. The number of hydrogen-bond donors (Lipinski definition) is 1. The molecule has 2 rings (SSSR count). The van der Waals surface area contributed by atoms with Crippen LogP contribution in [0.3, 0.4) is 0 Å². The van der Waals surface area contributed by atoms with Crippen molar-refractivity contribution in [1.82, 2.24) is 5.32 Å². The molecule has 0 amide bonds. The Balaban J connectivity index is 1.93. The molecule has 1 aromatic rings. The molecule has 0 aromatic heterocycles. The molecule has 0 spiro atoms. The lowest BCUT2D eigenvalue weighted by atomic mass is 9.84. The van der Waals surface area contributed by atoms with Crippen molar-refractivity contribution in [3.8, 4) is 5.75 Å². The topological polar surface area (TPSA) is 30.5 Å². The number of benzene rings is 1. The molecule has 1 N–H and O–H groups in total. The van der Waals surface area contributed by atoms with E-state index in [0.717, 1.165) is 12.3 Å². The van der Waals surface area contributed by atoms with E-state index in [1.165, 1.54) is 37.7 Å². The van der Waals surface area contributed by atoms with Crippen LogP contribution in [-0.4, -0.2) is 26.3 Å². The normalized spacial score (nSPS) is 18.2. The maximum atomic E-state index is 6.27. The van der Waals surface area contributed by atoms with E-state index < -0.39 is 0 Å². The van der Waals surface area contributed by atoms with Gasteiger partial charge in [-0.05, 0) is 37.6 Å². The second-order valence-corrected chi connectivity index (χ2v) is 5.41. The Kier molecular flexibility index (Phi) is 5.23. The summed E-state index contributed by atoms with van der Waals surface area (Å²) in [6.07, 6.45) is 6.25. The van der Waals surface area contributed by atoms with Crippen molar-refractivity contribution >= 4 is 0 Å². The smallest absolute Gasteiger partial charge is 0.118 e. The van der Waals surface area contributed by atoms with Crippen LogP contribution in [0, 0.1) is 0 Å². The van der Waals surface area contributed by atoms with E-state index in [4.69, 9.17) is 9.47 Å². The van der Waals surface area contributed by atoms with Crippen molar-refractivity contribution in [1.29, 1.82) is 0 Å². The molecule has 0 saturated heterocycles. The molecule has 0 bridgehead atoms. The lowest BCUT2D eigenvalue weighted by Crippen LogP contribution is -2.43. The fraction of sp³-hybridized carbons (Fsp3) is 0.625. The molecule has 19 heavy (non-hydrogen) atoms. The number of nitrogens with one attached hydrogen (secondary N) is 1. The van der Waals surface area contributed by atoms with Crippen LogP contribution in [-0.2, 0) is 11.3 Å². The van der Waals surface area contributed by atoms with E-state index in [2.05, 4.69) is 17.4 Å². The third-order valence-electron chi connectivity index (χ3n) is 3.97. The lowest BCUT2D eigenvalue weighted by Gasteiger charge is -2.37. The van der Waals surface area contributed by atoms with E-state index in [1.54, 1.807) is 7.11 Å². The van der Waals surface area contributed by atoms with Gasteiger partial charge < -0.3 is 14.8 Å². The highest BCUT2D eigenvalue weighted by Crippen LogP contribution is 2.32. The molecule has 1 fully saturated rings. The molecule has 1 aromatic carbocycles. The molecule has 1 aliphatic rings. The van der Waals surface area contributed by atoms with Crippen LogP contribution in [0.4, 0.5) is 0 Å². The minimum atomic E-state index is 0.0347. The third kappa shape index (κ3) is 3.95. The average Bonchev–Trinajstić information content (AvgIpc) is 2.47. The molecule has 0 heterocycles. The summed E-state index contributed by atoms with van der Waals surface area (Å²) in [6.45, 7) is 1.63.